The molecule has 5 heteroatoms. The number of sulfone groups is 1. The Morgan fingerprint density at radius 1 is 1.30 bits per heavy atom. The van der Waals surface area contributed by atoms with Crippen LogP contribution in [-0.4, -0.2) is 56.5 Å². The van der Waals surface area contributed by atoms with E-state index in [0.29, 0.717) is 30.3 Å². The van der Waals surface area contributed by atoms with Gasteiger partial charge < -0.3 is 5.32 Å². The van der Waals surface area contributed by atoms with Crippen molar-refractivity contribution in [3.8, 4) is 0 Å². The molecule has 20 heavy (non-hydrogen) atoms. The average Bonchev–Trinajstić information content (AvgIpc) is 3.20. The molecule has 2 aliphatic rings. The Labute approximate surface area is 124 Å². The van der Waals surface area contributed by atoms with Gasteiger partial charge in [-0.25, -0.2) is 8.42 Å². The van der Waals surface area contributed by atoms with Crippen LogP contribution in [0.15, 0.2) is 0 Å². The van der Waals surface area contributed by atoms with Crippen LogP contribution in [0.3, 0.4) is 0 Å². The molecule has 1 aliphatic carbocycles. The van der Waals surface area contributed by atoms with Crippen molar-refractivity contribution in [2.75, 3.05) is 31.1 Å². The zero-order valence-electron chi connectivity index (χ0n) is 13.1. The lowest BCUT2D eigenvalue weighted by molar-refractivity contribution is 0.114. The number of nitrogens with zero attached hydrogens (tertiary/aromatic N) is 1. The van der Waals surface area contributed by atoms with Crippen LogP contribution < -0.4 is 5.32 Å². The normalized spacial score (nSPS) is 29.0. The topological polar surface area (TPSA) is 49.4 Å². The van der Waals surface area contributed by atoms with Crippen molar-refractivity contribution in [1.29, 1.82) is 0 Å². The number of hydrogen-bond acceptors (Lipinski definition) is 4. The van der Waals surface area contributed by atoms with Crippen LogP contribution in [0.2, 0.25) is 0 Å². The highest BCUT2D eigenvalue weighted by molar-refractivity contribution is 7.91. The molecule has 2 fully saturated rings. The molecule has 0 aromatic rings. The third-order valence-corrected chi connectivity index (χ3v) is 6.28. The zero-order valence-corrected chi connectivity index (χ0v) is 14.0. The number of piperazine rings is 1. The summed E-state index contributed by atoms with van der Waals surface area (Å²) in [7, 11) is -2.85. The van der Waals surface area contributed by atoms with E-state index in [2.05, 4.69) is 24.1 Å². The van der Waals surface area contributed by atoms with Gasteiger partial charge in [0.15, 0.2) is 9.84 Å². The van der Waals surface area contributed by atoms with Gasteiger partial charge >= 0.3 is 0 Å². The number of rotatable bonds is 7. The second kappa shape index (κ2) is 6.75. The summed E-state index contributed by atoms with van der Waals surface area (Å²) in [6.45, 7) is 9.01. The van der Waals surface area contributed by atoms with Gasteiger partial charge in [-0.2, -0.15) is 0 Å². The van der Waals surface area contributed by atoms with Crippen molar-refractivity contribution in [3.05, 3.63) is 0 Å². The second-order valence-electron chi connectivity index (χ2n) is 6.87. The first-order chi connectivity index (χ1) is 9.41. The van der Waals surface area contributed by atoms with E-state index in [-0.39, 0.29) is 5.75 Å². The minimum atomic E-state index is -2.85. The van der Waals surface area contributed by atoms with Crippen molar-refractivity contribution >= 4 is 9.84 Å². The summed E-state index contributed by atoms with van der Waals surface area (Å²) in [6, 6.07) is 1.08. The Bertz CT molecular complexity index is 404. The first-order valence-electron chi connectivity index (χ1n) is 8.09. The Hall–Kier alpha value is -0.130. The van der Waals surface area contributed by atoms with Crippen LogP contribution in [0, 0.1) is 11.8 Å². The standard InChI is InChI=1S/C15H30N2O2S/c1-4-20(18,19)8-7-17-11-14(9-12(2)3)16-10-15(17)13-5-6-13/h12-16H,4-11H2,1-3H3. The maximum absolute atomic E-state index is 11.8. The first kappa shape index (κ1) is 16.2. The molecule has 0 aromatic heterocycles. The third kappa shape index (κ3) is 4.71. The highest BCUT2D eigenvalue weighted by Crippen LogP contribution is 2.36. The highest BCUT2D eigenvalue weighted by atomic mass is 32.2. The molecule has 0 aromatic carbocycles. The van der Waals surface area contributed by atoms with E-state index < -0.39 is 9.84 Å². The summed E-state index contributed by atoms with van der Waals surface area (Å²) in [4.78, 5) is 2.45. The molecule has 2 rings (SSSR count). The second-order valence-corrected chi connectivity index (χ2v) is 9.34. The molecule has 1 saturated carbocycles. The fraction of sp³-hybridized carbons (Fsp3) is 1.00. The van der Waals surface area contributed by atoms with Crippen molar-refractivity contribution in [2.24, 2.45) is 11.8 Å². The van der Waals surface area contributed by atoms with Crippen molar-refractivity contribution in [1.82, 2.24) is 10.2 Å². The van der Waals surface area contributed by atoms with E-state index in [1.54, 1.807) is 6.92 Å². The van der Waals surface area contributed by atoms with Crippen LogP contribution in [-0.2, 0) is 9.84 Å². The predicted octanol–water partition coefficient (Wildman–Crippen LogP) is 1.52. The molecule has 0 radical (unpaired) electrons. The van der Waals surface area contributed by atoms with Gasteiger partial charge in [-0.1, -0.05) is 20.8 Å². The molecule has 1 aliphatic heterocycles. The molecule has 0 spiro atoms. The minimum absolute atomic E-state index is 0.266. The van der Waals surface area contributed by atoms with Gasteiger partial charge in [-0.15, -0.1) is 0 Å². The Morgan fingerprint density at radius 3 is 2.55 bits per heavy atom. The maximum atomic E-state index is 11.8. The molecule has 1 N–H and O–H groups in total. The van der Waals surface area contributed by atoms with E-state index in [1.165, 1.54) is 19.3 Å². The first-order valence-corrected chi connectivity index (χ1v) is 9.91. The van der Waals surface area contributed by atoms with Crippen LogP contribution in [0.5, 0.6) is 0 Å². The Kier molecular flexibility index (Phi) is 5.49. The molecule has 1 heterocycles. The summed E-state index contributed by atoms with van der Waals surface area (Å²) in [6.07, 6.45) is 3.81. The van der Waals surface area contributed by atoms with Crippen LogP contribution in [0.25, 0.3) is 0 Å². The summed E-state index contributed by atoms with van der Waals surface area (Å²) in [5.41, 5.74) is 0. The van der Waals surface area contributed by atoms with E-state index in [0.717, 1.165) is 19.0 Å². The molecular weight excluding hydrogens is 272 g/mol. The molecule has 118 valence electrons. The lowest BCUT2D eigenvalue weighted by Gasteiger charge is -2.41. The van der Waals surface area contributed by atoms with E-state index in [1.807, 2.05) is 0 Å². The molecular formula is C15H30N2O2S. The summed E-state index contributed by atoms with van der Waals surface area (Å²) in [5, 5.41) is 3.67. The van der Waals surface area contributed by atoms with Gasteiger partial charge in [0.1, 0.15) is 0 Å². The van der Waals surface area contributed by atoms with E-state index in [9.17, 15) is 8.42 Å². The van der Waals surface area contributed by atoms with Gasteiger partial charge in [-0.3, -0.25) is 4.90 Å². The van der Waals surface area contributed by atoms with Crippen molar-refractivity contribution < 1.29 is 8.42 Å². The van der Waals surface area contributed by atoms with Gasteiger partial charge in [0, 0.05) is 37.5 Å². The minimum Gasteiger partial charge on any atom is -0.311 e. The SMILES string of the molecule is CCS(=O)(=O)CCN1CC(CC(C)C)NCC1C1CC1. The smallest absolute Gasteiger partial charge is 0.151 e. The molecule has 1 saturated heterocycles. The zero-order chi connectivity index (χ0) is 14.8. The fourth-order valence-corrected chi connectivity index (χ4v) is 4.03. The molecule has 4 nitrogen and oxygen atoms in total. The largest absolute Gasteiger partial charge is 0.311 e. The molecule has 0 amide bonds. The van der Waals surface area contributed by atoms with E-state index >= 15 is 0 Å². The van der Waals surface area contributed by atoms with Gasteiger partial charge in [-0.05, 0) is 31.1 Å². The van der Waals surface area contributed by atoms with Crippen LogP contribution in [0.1, 0.15) is 40.0 Å². The maximum Gasteiger partial charge on any atom is 0.151 e. The number of nitrogens with one attached hydrogen (secondary N) is 1. The van der Waals surface area contributed by atoms with Crippen molar-refractivity contribution in [3.63, 3.8) is 0 Å². The summed E-state index contributed by atoms with van der Waals surface area (Å²) in [5.74, 6) is 2.07. The lowest BCUT2D eigenvalue weighted by atomic mass is 9.98. The van der Waals surface area contributed by atoms with Gasteiger partial charge in [0.25, 0.3) is 0 Å². The Balaban J connectivity index is 1.92. The third-order valence-electron chi connectivity index (χ3n) is 4.59. The number of hydrogen-bond donors (Lipinski definition) is 1. The summed E-state index contributed by atoms with van der Waals surface area (Å²) >= 11 is 0. The highest BCUT2D eigenvalue weighted by Gasteiger charge is 2.38. The lowest BCUT2D eigenvalue weighted by Crippen LogP contribution is -2.58. The Morgan fingerprint density at radius 2 is 2.00 bits per heavy atom. The monoisotopic (exact) mass is 302 g/mol. The summed E-state index contributed by atoms with van der Waals surface area (Å²) < 4.78 is 23.5. The fourth-order valence-electron chi connectivity index (χ4n) is 3.23. The van der Waals surface area contributed by atoms with Gasteiger partial charge in [0.2, 0.25) is 0 Å². The van der Waals surface area contributed by atoms with Crippen LogP contribution >= 0.6 is 0 Å². The average molecular weight is 302 g/mol. The molecule has 2 unspecified atom stereocenters. The quantitative estimate of drug-likeness (QED) is 0.775. The molecule has 2 atom stereocenters. The predicted molar refractivity (Wildman–Crippen MR) is 83.7 cm³/mol. The molecule has 0 bridgehead atoms. The van der Waals surface area contributed by atoms with Crippen LogP contribution in [0.4, 0.5) is 0 Å². The van der Waals surface area contributed by atoms with E-state index in [4.69, 9.17) is 0 Å². The van der Waals surface area contributed by atoms with Crippen molar-refractivity contribution in [2.45, 2.75) is 52.1 Å². The van der Waals surface area contributed by atoms with Gasteiger partial charge in [0.05, 0.1) is 5.75 Å².